The Hall–Kier alpha value is -3.49. The summed E-state index contributed by atoms with van der Waals surface area (Å²) in [6.07, 6.45) is -1.39. The van der Waals surface area contributed by atoms with Crippen LogP contribution in [0.25, 0.3) is 0 Å². The maximum absolute atomic E-state index is 13.1. The van der Waals surface area contributed by atoms with Crippen LogP contribution in [0.3, 0.4) is 0 Å². The lowest BCUT2D eigenvalue weighted by Crippen LogP contribution is -2.33. The molecule has 0 unspecified atom stereocenters. The minimum atomic E-state index is -1.21. The van der Waals surface area contributed by atoms with Gasteiger partial charge in [0, 0.05) is 16.1 Å². The van der Waals surface area contributed by atoms with E-state index < -0.39 is 23.2 Å². The molecule has 0 aromatic heterocycles. The molecule has 3 aromatic rings. The lowest BCUT2D eigenvalue weighted by molar-refractivity contribution is -0.155. The predicted molar refractivity (Wildman–Crippen MR) is 131 cm³/mol. The van der Waals surface area contributed by atoms with Crippen molar-refractivity contribution in [3.8, 4) is 5.75 Å². The molecule has 9 heteroatoms. The highest BCUT2D eigenvalue weighted by molar-refractivity contribution is 8.01. The molecule has 2 amide bonds. The SMILES string of the molecule is COc1ccc(NC(=O)[C@H](OC(=O)C[C@@H]2Sc3ccccc3NC2=O)c2ccccc2)cc1Cl. The first-order valence-electron chi connectivity index (χ1n) is 10.4. The maximum Gasteiger partial charge on any atom is 0.308 e. The Morgan fingerprint density at radius 3 is 2.56 bits per heavy atom. The highest BCUT2D eigenvalue weighted by Crippen LogP contribution is 2.37. The number of esters is 1. The van der Waals surface area contributed by atoms with Gasteiger partial charge in [0.25, 0.3) is 5.91 Å². The number of methoxy groups -OCH3 is 1. The Bertz CT molecular complexity index is 1220. The number of halogens is 1. The van der Waals surface area contributed by atoms with Gasteiger partial charge < -0.3 is 20.1 Å². The van der Waals surface area contributed by atoms with Gasteiger partial charge in [-0.05, 0) is 30.3 Å². The highest BCUT2D eigenvalue weighted by atomic mass is 35.5. The largest absolute Gasteiger partial charge is 0.495 e. The van der Waals surface area contributed by atoms with E-state index in [1.165, 1.54) is 18.9 Å². The molecule has 2 N–H and O–H groups in total. The van der Waals surface area contributed by atoms with Crippen LogP contribution in [0, 0.1) is 0 Å². The van der Waals surface area contributed by atoms with Crippen molar-refractivity contribution in [2.24, 2.45) is 0 Å². The fraction of sp³-hybridized carbons (Fsp3) is 0.160. The Morgan fingerprint density at radius 1 is 1.09 bits per heavy atom. The number of carbonyl (C=O) groups excluding carboxylic acids is 3. The third kappa shape index (κ3) is 5.52. The van der Waals surface area contributed by atoms with Gasteiger partial charge in [-0.15, -0.1) is 11.8 Å². The lowest BCUT2D eigenvalue weighted by atomic mass is 10.1. The summed E-state index contributed by atoms with van der Waals surface area (Å²) >= 11 is 7.44. The number of benzene rings is 3. The van der Waals surface area contributed by atoms with Crippen molar-refractivity contribution < 1.29 is 23.9 Å². The number of para-hydroxylation sites is 1. The molecule has 2 atom stereocenters. The van der Waals surface area contributed by atoms with E-state index in [9.17, 15) is 14.4 Å². The molecule has 3 aromatic carbocycles. The molecule has 4 rings (SSSR count). The van der Waals surface area contributed by atoms with E-state index in [0.29, 0.717) is 27.7 Å². The summed E-state index contributed by atoms with van der Waals surface area (Å²) in [5, 5.41) is 5.19. The predicted octanol–water partition coefficient (Wildman–Crippen LogP) is 5.07. The van der Waals surface area contributed by atoms with E-state index >= 15 is 0 Å². The van der Waals surface area contributed by atoms with Crippen molar-refractivity contribution in [1.29, 1.82) is 0 Å². The maximum atomic E-state index is 13.1. The average molecular weight is 497 g/mol. The number of amides is 2. The van der Waals surface area contributed by atoms with E-state index in [0.717, 1.165) is 4.90 Å². The van der Waals surface area contributed by atoms with E-state index in [2.05, 4.69) is 10.6 Å². The molecule has 0 saturated carbocycles. The molecule has 0 spiro atoms. The van der Waals surface area contributed by atoms with E-state index in [1.54, 1.807) is 54.6 Å². The topological polar surface area (TPSA) is 93.7 Å². The second-order valence-electron chi connectivity index (χ2n) is 7.42. The van der Waals surface area contributed by atoms with Gasteiger partial charge in [-0.2, -0.15) is 0 Å². The van der Waals surface area contributed by atoms with Gasteiger partial charge in [0.1, 0.15) is 5.75 Å². The van der Waals surface area contributed by atoms with Crippen LogP contribution in [-0.4, -0.2) is 30.1 Å². The Morgan fingerprint density at radius 2 is 1.82 bits per heavy atom. The van der Waals surface area contributed by atoms with Gasteiger partial charge in [-0.25, -0.2) is 0 Å². The summed E-state index contributed by atoms with van der Waals surface area (Å²) in [6.45, 7) is 0. The molecule has 34 heavy (non-hydrogen) atoms. The standard InChI is InChI=1S/C25H21ClN2O5S/c1-32-19-12-11-16(13-17(19)26)27-25(31)23(15-7-3-2-4-8-15)33-22(29)14-21-24(30)28-18-9-5-6-10-20(18)34-21/h2-13,21,23H,14H2,1H3,(H,27,31)(H,28,30)/t21-,23+/m0/s1. The Labute approximate surface area is 205 Å². The Kier molecular flexibility index (Phi) is 7.40. The first-order valence-corrected chi connectivity index (χ1v) is 11.7. The van der Waals surface area contributed by atoms with Crippen LogP contribution in [0.5, 0.6) is 5.75 Å². The van der Waals surface area contributed by atoms with E-state index in [4.69, 9.17) is 21.1 Å². The number of carbonyl (C=O) groups is 3. The third-order valence-corrected chi connectivity index (χ3v) is 6.64. The summed E-state index contributed by atoms with van der Waals surface area (Å²) < 4.78 is 10.7. The smallest absolute Gasteiger partial charge is 0.308 e. The van der Waals surface area contributed by atoms with Gasteiger partial charge in [0.05, 0.1) is 29.5 Å². The van der Waals surface area contributed by atoms with Crippen molar-refractivity contribution >= 4 is 52.5 Å². The summed E-state index contributed by atoms with van der Waals surface area (Å²) in [7, 11) is 1.49. The minimum Gasteiger partial charge on any atom is -0.495 e. The third-order valence-electron chi connectivity index (χ3n) is 5.07. The monoisotopic (exact) mass is 496 g/mol. The van der Waals surface area contributed by atoms with Crippen LogP contribution in [0.1, 0.15) is 18.1 Å². The average Bonchev–Trinajstić information content (AvgIpc) is 2.83. The number of rotatable bonds is 7. The van der Waals surface area contributed by atoms with Crippen LogP contribution in [0.2, 0.25) is 5.02 Å². The van der Waals surface area contributed by atoms with Crippen molar-refractivity contribution in [2.45, 2.75) is 22.7 Å². The first-order chi connectivity index (χ1) is 16.4. The molecule has 1 aliphatic heterocycles. The van der Waals surface area contributed by atoms with Crippen LogP contribution in [0.4, 0.5) is 11.4 Å². The second-order valence-corrected chi connectivity index (χ2v) is 9.07. The first kappa shape index (κ1) is 23.7. The number of hydrogen-bond donors (Lipinski definition) is 2. The molecule has 1 aliphatic rings. The Balaban J connectivity index is 1.48. The number of hydrogen-bond acceptors (Lipinski definition) is 6. The number of ether oxygens (including phenoxy) is 2. The van der Waals surface area contributed by atoms with Gasteiger partial charge in [-0.3, -0.25) is 14.4 Å². The van der Waals surface area contributed by atoms with Gasteiger partial charge >= 0.3 is 5.97 Å². The van der Waals surface area contributed by atoms with Gasteiger partial charge in [0.15, 0.2) is 0 Å². The fourth-order valence-electron chi connectivity index (χ4n) is 3.41. The molecule has 0 saturated heterocycles. The molecular weight excluding hydrogens is 476 g/mol. The van der Waals surface area contributed by atoms with Gasteiger partial charge in [-0.1, -0.05) is 54.1 Å². The zero-order valence-corrected chi connectivity index (χ0v) is 19.7. The molecule has 1 heterocycles. The number of thioether (sulfide) groups is 1. The fourth-order valence-corrected chi connectivity index (χ4v) is 4.76. The summed E-state index contributed by atoms with van der Waals surface area (Å²) in [5.74, 6) is -1.03. The van der Waals surface area contributed by atoms with Crippen LogP contribution < -0.4 is 15.4 Å². The molecule has 0 radical (unpaired) electrons. The molecule has 0 aliphatic carbocycles. The van der Waals surface area contributed by atoms with Crippen molar-refractivity contribution in [1.82, 2.24) is 0 Å². The molecule has 0 fully saturated rings. The summed E-state index contributed by atoms with van der Waals surface area (Å²) in [6, 6.07) is 20.8. The number of fused-ring (bicyclic) bond motifs is 1. The van der Waals surface area contributed by atoms with Crippen molar-refractivity contribution in [3.63, 3.8) is 0 Å². The summed E-state index contributed by atoms with van der Waals surface area (Å²) in [4.78, 5) is 39.2. The van der Waals surface area contributed by atoms with Crippen LogP contribution in [-0.2, 0) is 19.1 Å². The number of nitrogens with one attached hydrogen (secondary N) is 2. The second kappa shape index (κ2) is 10.6. The van der Waals surface area contributed by atoms with E-state index in [-0.39, 0.29) is 12.3 Å². The normalized spacial score (nSPS) is 15.5. The zero-order chi connectivity index (χ0) is 24.1. The highest BCUT2D eigenvalue weighted by Gasteiger charge is 2.32. The summed E-state index contributed by atoms with van der Waals surface area (Å²) in [5.41, 5.74) is 1.63. The van der Waals surface area contributed by atoms with E-state index in [1.807, 2.05) is 18.2 Å². The van der Waals surface area contributed by atoms with Crippen LogP contribution >= 0.6 is 23.4 Å². The van der Waals surface area contributed by atoms with Crippen molar-refractivity contribution in [2.75, 3.05) is 17.7 Å². The molecular formula is C25H21ClN2O5S. The molecule has 7 nitrogen and oxygen atoms in total. The molecule has 0 bridgehead atoms. The van der Waals surface area contributed by atoms with Crippen molar-refractivity contribution in [3.05, 3.63) is 83.4 Å². The van der Waals surface area contributed by atoms with Crippen LogP contribution in [0.15, 0.2) is 77.7 Å². The molecule has 174 valence electrons. The minimum absolute atomic E-state index is 0.185. The van der Waals surface area contributed by atoms with Gasteiger partial charge in [0.2, 0.25) is 12.0 Å². The number of anilines is 2. The zero-order valence-electron chi connectivity index (χ0n) is 18.1. The lowest BCUT2D eigenvalue weighted by Gasteiger charge is -2.24. The quantitative estimate of drug-likeness (QED) is 0.443.